The van der Waals surface area contributed by atoms with Crippen LogP contribution in [-0.4, -0.2) is 53.9 Å². The molecule has 0 aromatic rings. The third kappa shape index (κ3) is 3.51. The maximum Gasteiger partial charge on any atom is 0.393 e. The van der Waals surface area contributed by atoms with E-state index in [2.05, 4.69) is 5.32 Å². The molecule has 1 saturated heterocycles. The molecule has 4 nitrogen and oxygen atoms in total. The van der Waals surface area contributed by atoms with E-state index in [1.54, 1.807) is 7.05 Å². The van der Waals surface area contributed by atoms with Gasteiger partial charge in [-0.05, 0) is 52.1 Å². The van der Waals surface area contributed by atoms with Crippen LogP contribution in [-0.2, 0) is 4.79 Å². The first kappa shape index (κ1) is 16.5. The highest BCUT2D eigenvalue weighted by molar-refractivity contribution is 5.79. The molecule has 21 heavy (non-hydrogen) atoms. The van der Waals surface area contributed by atoms with E-state index in [0.29, 0.717) is 25.8 Å². The van der Waals surface area contributed by atoms with Crippen molar-refractivity contribution in [2.75, 3.05) is 20.1 Å². The number of likely N-dealkylation sites (N-methyl/N-ethyl adjacent to an activating group) is 1. The molecule has 0 aromatic heterocycles. The predicted octanol–water partition coefficient (Wildman–Crippen LogP) is 2.25. The highest BCUT2D eigenvalue weighted by Gasteiger charge is 2.46. The molecule has 3 atom stereocenters. The van der Waals surface area contributed by atoms with Crippen molar-refractivity contribution in [1.82, 2.24) is 10.2 Å². The van der Waals surface area contributed by atoms with Crippen molar-refractivity contribution in [2.45, 2.75) is 56.3 Å². The molecule has 122 valence electrons. The molecule has 2 aliphatic rings. The summed E-state index contributed by atoms with van der Waals surface area (Å²) < 4.78 is 38.7. The third-order valence-corrected chi connectivity index (χ3v) is 5.05. The number of rotatable bonds is 3. The van der Waals surface area contributed by atoms with Gasteiger partial charge in [0, 0.05) is 12.6 Å². The summed E-state index contributed by atoms with van der Waals surface area (Å²) in [7, 11) is 1.62. The number of halogens is 3. The van der Waals surface area contributed by atoms with Gasteiger partial charge in [-0.1, -0.05) is 0 Å². The van der Waals surface area contributed by atoms with Crippen molar-refractivity contribution < 1.29 is 23.1 Å². The Labute approximate surface area is 122 Å². The summed E-state index contributed by atoms with van der Waals surface area (Å²) >= 11 is 0. The molecule has 0 spiro atoms. The highest BCUT2D eigenvalue weighted by atomic mass is 19.4. The number of aliphatic carboxylic acids is 1. The van der Waals surface area contributed by atoms with Crippen LogP contribution in [0.25, 0.3) is 0 Å². The molecule has 0 aromatic carbocycles. The molecule has 3 unspecified atom stereocenters. The minimum Gasteiger partial charge on any atom is -0.480 e. The quantitative estimate of drug-likeness (QED) is 0.839. The number of alkyl halides is 3. The SMILES string of the molecule is CNC1(C(=O)O)CCCC(N2CCCC(C(F)(F)F)C2)C1. The molecule has 0 amide bonds. The van der Waals surface area contributed by atoms with Crippen molar-refractivity contribution in [1.29, 1.82) is 0 Å². The van der Waals surface area contributed by atoms with Crippen LogP contribution in [0, 0.1) is 5.92 Å². The van der Waals surface area contributed by atoms with E-state index in [4.69, 9.17) is 0 Å². The van der Waals surface area contributed by atoms with E-state index >= 15 is 0 Å². The topological polar surface area (TPSA) is 52.6 Å². The van der Waals surface area contributed by atoms with E-state index in [1.807, 2.05) is 4.90 Å². The number of piperidine rings is 1. The van der Waals surface area contributed by atoms with E-state index < -0.39 is 23.6 Å². The minimum absolute atomic E-state index is 0.00752. The van der Waals surface area contributed by atoms with E-state index in [0.717, 1.165) is 12.8 Å². The van der Waals surface area contributed by atoms with Crippen LogP contribution in [0.15, 0.2) is 0 Å². The van der Waals surface area contributed by atoms with Crippen molar-refractivity contribution in [2.24, 2.45) is 5.92 Å². The van der Waals surface area contributed by atoms with Gasteiger partial charge in [0.05, 0.1) is 5.92 Å². The van der Waals surface area contributed by atoms with Gasteiger partial charge in [0.15, 0.2) is 0 Å². The number of carboxylic acids is 1. The van der Waals surface area contributed by atoms with Crippen LogP contribution in [0.3, 0.4) is 0 Å². The van der Waals surface area contributed by atoms with Gasteiger partial charge >= 0.3 is 12.1 Å². The first-order valence-corrected chi connectivity index (χ1v) is 7.51. The Morgan fingerprint density at radius 2 is 2.05 bits per heavy atom. The van der Waals surface area contributed by atoms with Crippen LogP contribution in [0.4, 0.5) is 13.2 Å². The first-order chi connectivity index (χ1) is 9.78. The van der Waals surface area contributed by atoms with Crippen molar-refractivity contribution in [3.63, 3.8) is 0 Å². The highest BCUT2D eigenvalue weighted by Crippen LogP contribution is 2.37. The molecular weight excluding hydrogens is 285 g/mol. The fourth-order valence-corrected chi connectivity index (χ4v) is 3.69. The summed E-state index contributed by atoms with van der Waals surface area (Å²) in [4.78, 5) is 13.4. The average molecular weight is 308 g/mol. The molecule has 1 saturated carbocycles. The molecule has 0 bridgehead atoms. The van der Waals surface area contributed by atoms with Gasteiger partial charge in [0.25, 0.3) is 0 Å². The summed E-state index contributed by atoms with van der Waals surface area (Å²) in [5.41, 5.74) is -0.992. The van der Waals surface area contributed by atoms with Gasteiger partial charge in [-0.25, -0.2) is 0 Å². The summed E-state index contributed by atoms with van der Waals surface area (Å²) in [6.45, 7) is 0.643. The number of nitrogens with one attached hydrogen (secondary N) is 1. The monoisotopic (exact) mass is 308 g/mol. The van der Waals surface area contributed by atoms with Crippen molar-refractivity contribution in [3.05, 3.63) is 0 Å². The predicted molar refractivity (Wildman–Crippen MR) is 72.0 cm³/mol. The number of nitrogens with zero attached hydrogens (tertiary/aromatic N) is 1. The summed E-state index contributed by atoms with van der Waals surface area (Å²) in [5, 5.41) is 12.3. The molecule has 2 fully saturated rings. The Balaban J connectivity index is 2.05. The van der Waals surface area contributed by atoms with E-state index in [9.17, 15) is 23.1 Å². The first-order valence-electron chi connectivity index (χ1n) is 7.51. The third-order valence-electron chi connectivity index (χ3n) is 5.05. The average Bonchev–Trinajstić information content (AvgIpc) is 2.46. The Morgan fingerprint density at radius 3 is 2.62 bits per heavy atom. The number of carbonyl (C=O) groups is 1. The lowest BCUT2D eigenvalue weighted by molar-refractivity contribution is -0.189. The minimum atomic E-state index is -4.15. The second-order valence-electron chi connectivity index (χ2n) is 6.26. The molecule has 1 aliphatic carbocycles. The molecule has 2 N–H and O–H groups in total. The fraction of sp³-hybridized carbons (Fsp3) is 0.929. The second kappa shape index (κ2) is 6.12. The maximum absolute atomic E-state index is 12.9. The van der Waals surface area contributed by atoms with Crippen LogP contribution >= 0.6 is 0 Å². The lowest BCUT2D eigenvalue weighted by Crippen LogP contribution is -2.58. The fourth-order valence-electron chi connectivity index (χ4n) is 3.69. The van der Waals surface area contributed by atoms with Crippen molar-refractivity contribution in [3.8, 4) is 0 Å². The zero-order chi connectivity index (χ0) is 15.7. The Kier molecular flexibility index (Phi) is 4.82. The number of hydrogen-bond acceptors (Lipinski definition) is 3. The maximum atomic E-state index is 12.9. The van der Waals surface area contributed by atoms with Crippen LogP contribution in [0.5, 0.6) is 0 Å². The zero-order valence-electron chi connectivity index (χ0n) is 12.2. The van der Waals surface area contributed by atoms with Gasteiger partial charge in [-0.15, -0.1) is 0 Å². The molecule has 0 radical (unpaired) electrons. The largest absolute Gasteiger partial charge is 0.480 e. The van der Waals surface area contributed by atoms with E-state index in [-0.39, 0.29) is 19.0 Å². The molecule has 1 heterocycles. The van der Waals surface area contributed by atoms with Crippen LogP contribution in [0.1, 0.15) is 38.5 Å². The summed E-state index contributed by atoms with van der Waals surface area (Å²) in [5.74, 6) is -2.18. The molecular formula is C14H23F3N2O2. The Bertz CT molecular complexity index is 389. The van der Waals surface area contributed by atoms with Gasteiger partial charge in [-0.3, -0.25) is 9.69 Å². The van der Waals surface area contributed by atoms with E-state index in [1.165, 1.54) is 0 Å². The zero-order valence-corrected chi connectivity index (χ0v) is 12.2. The number of hydrogen-bond donors (Lipinski definition) is 2. The van der Waals surface area contributed by atoms with Crippen LogP contribution in [0.2, 0.25) is 0 Å². The molecule has 1 aliphatic heterocycles. The lowest BCUT2D eigenvalue weighted by Gasteiger charge is -2.45. The Morgan fingerprint density at radius 1 is 1.33 bits per heavy atom. The number of carboxylic acid groups (broad SMARTS) is 1. The molecule has 2 rings (SSSR count). The summed E-state index contributed by atoms with van der Waals surface area (Å²) in [6.07, 6.45) is -1.02. The van der Waals surface area contributed by atoms with Gasteiger partial charge in [-0.2, -0.15) is 13.2 Å². The lowest BCUT2D eigenvalue weighted by atomic mass is 9.77. The normalized spacial score (nSPS) is 35.6. The van der Waals surface area contributed by atoms with Crippen molar-refractivity contribution >= 4 is 5.97 Å². The second-order valence-corrected chi connectivity index (χ2v) is 6.26. The van der Waals surface area contributed by atoms with Gasteiger partial charge in [0.2, 0.25) is 0 Å². The van der Waals surface area contributed by atoms with Gasteiger partial charge < -0.3 is 10.4 Å². The summed E-state index contributed by atoms with van der Waals surface area (Å²) in [6, 6.07) is -0.0764. The van der Waals surface area contributed by atoms with Crippen LogP contribution < -0.4 is 5.32 Å². The Hall–Kier alpha value is -0.820. The standard InChI is InChI=1S/C14H23F3N2O2/c1-18-13(12(20)21)6-2-5-11(8-13)19-7-3-4-10(9-19)14(15,16)17/h10-11,18H,2-9H2,1H3,(H,20,21). The van der Waals surface area contributed by atoms with Gasteiger partial charge in [0.1, 0.15) is 5.54 Å². The molecule has 7 heteroatoms. The number of likely N-dealkylation sites (tertiary alicyclic amines) is 1. The smallest absolute Gasteiger partial charge is 0.393 e.